The third kappa shape index (κ3) is 4.00. The summed E-state index contributed by atoms with van der Waals surface area (Å²) < 4.78 is 6.31. The van der Waals surface area contributed by atoms with Crippen LogP contribution in [0.2, 0.25) is 0 Å². The van der Waals surface area contributed by atoms with Crippen LogP contribution in [0.4, 0.5) is 0 Å². The van der Waals surface area contributed by atoms with Crippen LogP contribution in [-0.2, 0) is 11.4 Å². The predicted molar refractivity (Wildman–Crippen MR) is 98.3 cm³/mol. The number of hydrogen-bond donors (Lipinski definition) is 1. The molecule has 0 saturated carbocycles. The molecule has 1 fully saturated rings. The lowest BCUT2D eigenvalue weighted by atomic mass is 10.1. The average Bonchev–Trinajstić information content (AvgIpc) is 2.85. The molecule has 1 saturated heterocycles. The normalized spacial score (nSPS) is 15.8. The largest absolute Gasteiger partial charge is 0.489 e. The molecule has 1 aliphatic heterocycles. The van der Waals surface area contributed by atoms with Crippen LogP contribution in [0.5, 0.6) is 5.75 Å². The Kier molecular flexibility index (Phi) is 4.79. The molecule has 0 atom stereocenters. The predicted octanol–water partition coefficient (Wildman–Crippen LogP) is 4.06. The highest BCUT2D eigenvalue weighted by Gasteiger charge is 2.21. The maximum atomic E-state index is 11.6. The van der Waals surface area contributed by atoms with E-state index >= 15 is 0 Å². The number of carbonyl (C=O) groups excluding carboxylic acids is 1. The van der Waals surface area contributed by atoms with Crippen LogP contribution in [0.1, 0.15) is 16.7 Å². The number of nitrogens with one attached hydrogen (secondary N) is 1. The number of amides is 1. The zero-order valence-corrected chi connectivity index (χ0v) is 14.2. The minimum Gasteiger partial charge on any atom is -0.489 e. The van der Waals surface area contributed by atoms with E-state index in [1.165, 1.54) is 22.9 Å². The minimum absolute atomic E-state index is 0.139. The fraction of sp³-hybridized carbons (Fsp3) is 0.111. The molecule has 1 aliphatic rings. The Labute approximate surface area is 144 Å². The third-order valence-electron chi connectivity index (χ3n) is 3.48. The molecule has 0 bridgehead atoms. The average molecular weight is 341 g/mol. The van der Waals surface area contributed by atoms with Gasteiger partial charge >= 0.3 is 0 Å². The quantitative estimate of drug-likeness (QED) is 0.672. The summed E-state index contributed by atoms with van der Waals surface area (Å²) in [6.45, 7) is 2.61. The molecule has 0 aliphatic carbocycles. The standard InChI is InChI=1S/C18H15NO2S2/c1-12-4-2-3-5-14(12)11-21-15-8-6-13(7-9-15)10-16-17(20)19-18(22)23-16/h2-10H,11H2,1H3,(H,19,20,22)/b16-10+. The van der Waals surface area contributed by atoms with E-state index in [0.29, 0.717) is 15.8 Å². The molecule has 3 rings (SSSR count). The van der Waals surface area contributed by atoms with Crippen molar-refractivity contribution in [2.75, 3.05) is 0 Å². The van der Waals surface area contributed by atoms with E-state index < -0.39 is 0 Å². The van der Waals surface area contributed by atoms with Gasteiger partial charge in [-0.1, -0.05) is 60.4 Å². The van der Waals surface area contributed by atoms with Gasteiger partial charge < -0.3 is 10.1 Å². The fourth-order valence-electron chi connectivity index (χ4n) is 2.17. The highest BCUT2D eigenvalue weighted by molar-refractivity contribution is 8.26. The van der Waals surface area contributed by atoms with Crippen LogP contribution < -0.4 is 10.1 Å². The molecule has 1 amide bonds. The van der Waals surface area contributed by atoms with Crippen LogP contribution in [0.15, 0.2) is 53.4 Å². The number of thiocarbonyl (C=S) groups is 1. The molecule has 0 radical (unpaired) electrons. The van der Waals surface area contributed by atoms with Gasteiger partial charge in [0.2, 0.25) is 0 Å². The van der Waals surface area contributed by atoms with Crippen molar-refractivity contribution in [1.29, 1.82) is 0 Å². The summed E-state index contributed by atoms with van der Waals surface area (Å²) in [7, 11) is 0. The van der Waals surface area contributed by atoms with Crippen molar-refractivity contribution >= 4 is 40.3 Å². The second-order valence-corrected chi connectivity index (χ2v) is 6.86. The first-order chi connectivity index (χ1) is 11.1. The van der Waals surface area contributed by atoms with Gasteiger partial charge in [-0.15, -0.1) is 0 Å². The molecule has 2 aromatic rings. The van der Waals surface area contributed by atoms with Crippen molar-refractivity contribution in [2.45, 2.75) is 13.5 Å². The van der Waals surface area contributed by atoms with Gasteiger partial charge in [0.05, 0.1) is 4.91 Å². The second kappa shape index (κ2) is 6.98. The topological polar surface area (TPSA) is 38.3 Å². The Bertz CT molecular complexity index is 782. The molecular formula is C18H15NO2S2. The van der Waals surface area contributed by atoms with Crippen molar-refractivity contribution in [3.05, 3.63) is 70.1 Å². The lowest BCUT2D eigenvalue weighted by Crippen LogP contribution is -2.17. The third-order valence-corrected chi connectivity index (χ3v) is 4.64. The van der Waals surface area contributed by atoms with Crippen LogP contribution in [0, 0.1) is 6.92 Å². The fourth-order valence-corrected chi connectivity index (χ4v) is 3.21. The number of hydrogen-bond acceptors (Lipinski definition) is 4. The zero-order chi connectivity index (χ0) is 16.2. The summed E-state index contributed by atoms with van der Waals surface area (Å²) in [6, 6.07) is 15.8. The lowest BCUT2D eigenvalue weighted by Gasteiger charge is -2.08. The molecule has 116 valence electrons. The van der Waals surface area contributed by atoms with Gasteiger partial charge in [-0.05, 0) is 41.8 Å². The Balaban J connectivity index is 1.66. The zero-order valence-electron chi connectivity index (χ0n) is 12.5. The maximum Gasteiger partial charge on any atom is 0.263 e. The molecule has 2 aromatic carbocycles. The molecule has 5 heteroatoms. The number of ether oxygens (including phenoxy) is 1. The number of thioether (sulfide) groups is 1. The van der Waals surface area contributed by atoms with E-state index in [1.807, 2.05) is 42.5 Å². The molecule has 0 unspecified atom stereocenters. The van der Waals surface area contributed by atoms with E-state index in [2.05, 4.69) is 24.4 Å². The van der Waals surface area contributed by atoms with Crippen LogP contribution in [0.3, 0.4) is 0 Å². The van der Waals surface area contributed by atoms with Crippen molar-refractivity contribution in [2.24, 2.45) is 0 Å². The highest BCUT2D eigenvalue weighted by atomic mass is 32.2. The van der Waals surface area contributed by atoms with Gasteiger partial charge in [0, 0.05) is 0 Å². The molecule has 0 spiro atoms. The van der Waals surface area contributed by atoms with Gasteiger partial charge in [-0.25, -0.2) is 0 Å². The van der Waals surface area contributed by atoms with Crippen molar-refractivity contribution < 1.29 is 9.53 Å². The first kappa shape index (κ1) is 15.8. The molecule has 23 heavy (non-hydrogen) atoms. The highest BCUT2D eigenvalue weighted by Crippen LogP contribution is 2.26. The molecule has 1 heterocycles. The number of carbonyl (C=O) groups is 1. The molecule has 0 aromatic heterocycles. The number of rotatable bonds is 4. The van der Waals surface area contributed by atoms with Crippen molar-refractivity contribution in [3.8, 4) is 5.75 Å². The summed E-state index contributed by atoms with van der Waals surface area (Å²) >= 11 is 6.25. The van der Waals surface area contributed by atoms with Crippen LogP contribution in [0.25, 0.3) is 6.08 Å². The summed E-state index contributed by atoms with van der Waals surface area (Å²) in [5.41, 5.74) is 3.33. The SMILES string of the molecule is Cc1ccccc1COc1ccc(/C=C2/SC(=S)NC2=O)cc1. The summed E-state index contributed by atoms with van der Waals surface area (Å²) in [4.78, 5) is 12.2. The van der Waals surface area contributed by atoms with Crippen LogP contribution in [-0.4, -0.2) is 10.2 Å². The van der Waals surface area contributed by atoms with E-state index in [1.54, 1.807) is 0 Å². The van der Waals surface area contributed by atoms with E-state index in [9.17, 15) is 4.79 Å². The number of benzene rings is 2. The Hall–Kier alpha value is -2.11. The molecular weight excluding hydrogens is 326 g/mol. The lowest BCUT2D eigenvalue weighted by molar-refractivity contribution is -0.115. The smallest absolute Gasteiger partial charge is 0.263 e. The number of aryl methyl sites for hydroxylation is 1. The maximum absolute atomic E-state index is 11.6. The van der Waals surface area contributed by atoms with Gasteiger partial charge in [-0.2, -0.15) is 0 Å². The van der Waals surface area contributed by atoms with Gasteiger partial charge in [-0.3, -0.25) is 4.79 Å². The first-order valence-electron chi connectivity index (χ1n) is 7.14. The molecule has 3 nitrogen and oxygen atoms in total. The monoisotopic (exact) mass is 341 g/mol. The second-order valence-electron chi connectivity index (χ2n) is 5.14. The Morgan fingerprint density at radius 1 is 1.17 bits per heavy atom. The van der Waals surface area contributed by atoms with E-state index in [4.69, 9.17) is 17.0 Å². The Morgan fingerprint density at radius 3 is 2.57 bits per heavy atom. The Morgan fingerprint density at radius 2 is 1.91 bits per heavy atom. The van der Waals surface area contributed by atoms with E-state index in [0.717, 1.165) is 11.3 Å². The first-order valence-corrected chi connectivity index (χ1v) is 8.36. The van der Waals surface area contributed by atoms with Crippen LogP contribution >= 0.6 is 24.0 Å². The van der Waals surface area contributed by atoms with Gasteiger partial charge in [0.25, 0.3) is 5.91 Å². The summed E-state index contributed by atoms with van der Waals surface area (Å²) in [5, 5.41) is 2.60. The summed E-state index contributed by atoms with van der Waals surface area (Å²) in [5.74, 6) is 0.661. The van der Waals surface area contributed by atoms with Gasteiger partial charge in [0.1, 0.15) is 16.7 Å². The summed E-state index contributed by atoms with van der Waals surface area (Å²) in [6.07, 6.45) is 1.82. The van der Waals surface area contributed by atoms with E-state index in [-0.39, 0.29) is 5.91 Å². The molecule has 1 N–H and O–H groups in total. The minimum atomic E-state index is -0.139. The van der Waals surface area contributed by atoms with Gasteiger partial charge in [0.15, 0.2) is 0 Å². The van der Waals surface area contributed by atoms with Crippen molar-refractivity contribution in [1.82, 2.24) is 5.32 Å². The van der Waals surface area contributed by atoms with Crippen molar-refractivity contribution in [3.63, 3.8) is 0 Å².